The molecule has 17 heteroatoms. The van der Waals surface area contributed by atoms with Crippen LogP contribution in [0.2, 0.25) is 0 Å². The summed E-state index contributed by atoms with van der Waals surface area (Å²) in [4.78, 5) is 90.8. The molecular weight excluding hydrogens is 1440 g/mol. The van der Waals surface area contributed by atoms with Gasteiger partial charge in [-0.05, 0) is 247 Å². The minimum atomic E-state index is -0.312. The van der Waals surface area contributed by atoms with Crippen LogP contribution in [0.1, 0.15) is 376 Å². The summed E-state index contributed by atoms with van der Waals surface area (Å²) in [6.07, 6.45) is 28.0. The molecule has 12 aliphatic heterocycles. The second kappa shape index (κ2) is 39.9. The molecule has 0 spiro atoms. The molecule has 12 saturated heterocycles. The fourth-order valence-electron chi connectivity index (χ4n) is 23.0. The Hall–Kier alpha value is -4.28. The van der Waals surface area contributed by atoms with Crippen molar-refractivity contribution in [1.82, 2.24) is 0 Å². The maximum absolute atomic E-state index is 11.8. The Morgan fingerprint density at radius 3 is 1.37 bits per heavy atom. The highest BCUT2D eigenvalue weighted by atomic mass is 16.6. The zero-order valence-corrected chi connectivity index (χ0v) is 78.8. The van der Waals surface area contributed by atoms with Gasteiger partial charge in [0.15, 0.2) is 0 Å². The van der Waals surface area contributed by atoms with Crippen LogP contribution in [-0.2, 0) is 81.0 Å². The average molecular weight is 1610 g/mol. The molecule has 0 aromatic heterocycles. The molecule has 114 heavy (non-hydrogen) atoms. The van der Waals surface area contributed by atoms with Gasteiger partial charge in [-0.15, -0.1) is 0 Å². The van der Waals surface area contributed by atoms with Crippen LogP contribution in [0.5, 0.6) is 0 Å². The fraction of sp³-hybridized carbons (Fsp3) is 0.918. The van der Waals surface area contributed by atoms with E-state index in [9.17, 15) is 38.4 Å². The summed E-state index contributed by atoms with van der Waals surface area (Å²) in [5.74, 6) is 8.03. The van der Waals surface area contributed by atoms with E-state index >= 15 is 0 Å². The minimum Gasteiger partial charge on any atom is -0.465 e. The molecule has 0 aromatic carbocycles. The number of carbonyl (C=O) groups excluding carboxylic acids is 8. The zero-order chi connectivity index (χ0) is 86.8. The Bertz CT molecular complexity index is 3090. The number of rotatable bonds is 2. The normalized spacial score (nSPS) is 39.4. The topological polar surface area (TPSA) is 220 Å². The quantitative estimate of drug-likeness (QED) is 0.185. The number of hydrogen-bond acceptors (Lipinski definition) is 17. The van der Waals surface area contributed by atoms with Crippen molar-refractivity contribution in [3.05, 3.63) is 0 Å². The van der Waals surface area contributed by atoms with E-state index in [4.69, 9.17) is 42.6 Å². The number of esters is 8. The van der Waals surface area contributed by atoms with Gasteiger partial charge >= 0.3 is 47.8 Å². The second-order valence-electron chi connectivity index (χ2n) is 42.4. The lowest BCUT2D eigenvalue weighted by atomic mass is 9.60. The highest BCUT2D eigenvalue weighted by molar-refractivity contribution is 5.80. The van der Waals surface area contributed by atoms with Gasteiger partial charge in [0.05, 0.1) is 53.4 Å². The van der Waals surface area contributed by atoms with Crippen molar-refractivity contribution in [2.75, 3.05) is 20.3 Å². The predicted octanol–water partition coefficient (Wildman–Crippen LogP) is 22.9. The lowest BCUT2D eigenvalue weighted by Crippen LogP contribution is -2.51. The van der Waals surface area contributed by atoms with E-state index in [2.05, 4.69) is 111 Å². The van der Waals surface area contributed by atoms with E-state index in [1.165, 1.54) is 32.1 Å². The van der Waals surface area contributed by atoms with Gasteiger partial charge in [0.25, 0.3) is 0 Å². The lowest BCUT2D eigenvalue weighted by Gasteiger charge is -2.46. The van der Waals surface area contributed by atoms with Crippen LogP contribution in [0.25, 0.3) is 0 Å². The third-order valence-corrected chi connectivity index (χ3v) is 30.3. The van der Waals surface area contributed by atoms with Crippen molar-refractivity contribution in [1.29, 1.82) is 0 Å². The first-order valence-electron chi connectivity index (χ1n) is 46.2. The minimum absolute atomic E-state index is 0.00984. The van der Waals surface area contributed by atoms with Crippen LogP contribution < -0.4 is 0 Å². The summed E-state index contributed by atoms with van der Waals surface area (Å²) in [6, 6.07) is 0. The van der Waals surface area contributed by atoms with E-state index in [1.807, 2.05) is 111 Å². The fourth-order valence-corrected chi connectivity index (χ4v) is 23.0. The molecule has 660 valence electrons. The van der Waals surface area contributed by atoms with Crippen molar-refractivity contribution in [3.8, 4) is 0 Å². The van der Waals surface area contributed by atoms with Crippen LogP contribution in [0.4, 0.5) is 0 Å². The Labute approximate surface area is 694 Å². The monoisotopic (exact) mass is 1610 g/mol. The lowest BCUT2D eigenvalue weighted by molar-refractivity contribution is -0.187. The van der Waals surface area contributed by atoms with Gasteiger partial charge in [-0.3, -0.25) is 38.4 Å². The molecule has 17 nitrogen and oxygen atoms in total. The number of hydrogen-bond donors (Lipinski definition) is 0. The molecule has 11 saturated carbocycles. The summed E-state index contributed by atoms with van der Waals surface area (Å²) < 4.78 is 47.6. The molecule has 23 aliphatic rings. The highest BCUT2D eigenvalue weighted by Crippen LogP contribution is 2.65. The van der Waals surface area contributed by atoms with Crippen LogP contribution in [0, 0.1) is 132 Å². The van der Waals surface area contributed by atoms with Crippen LogP contribution in [0.15, 0.2) is 0 Å². The molecular formula is C97H170O17. The molecule has 18 atom stereocenters. The van der Waals surface area contributed by atoms with E-state index in [0.29, 0.717) is 41.6 Å². The molecule has 0 amide bonds. The highest BCUT2D eigenvalue weighted by Gasteiger charge is 2.67. The van der Waals surface area contributed by atoms with E-state index in [-0.39, 0.29) is 157 Å². The summed E-state index contributed by atoms with van der Waals surface area (Å²) in [6.45, 7) is 68.0. The van der Waals surface area contributed by atoms with Crippen molar-refractivity contribution < 1.29 is 81.0 Å². The number of fused-ring (bicyclic) bond motifs is 7. The van der Waals surface area contributed by atoms with Crippen molar-refractivity contribution in [3.63, 3.8) is 0 Å². The second-order valence-corrected chi connectivity index (χ2v) is 42.4. The Balaban J connectivity index is 0.000000226. The molecule has 0 N–H and O–H groups in total. The molecule has 23 fully saturated rings. The summed E-state index contributed by atoms with van der Waals surface area (Å²) in [7, 11) is 1.74. The molecule has 11 aliphatic carbocycles. The van der Waals surface area contributed by atoms with E-state index < -0.39 is 0 Å². The van der Waals surface area contributed by atoms with Crippen LogP contribution >= 0.6 is 0 Å². The Morgan fingerprint density at radius 2 is 0.947 bits per heavy atom. The third-order valence-electron chi connectivity index (χ3n) is 30.3. The maximum atomic E-state index is 11.8. The van der Waals surface area contributed by atoms with Crippen LogP contribution in [-0.4, -0.2) is 110 Å². The molecule has 23 rings (SSSR count). The van der Waals surface area contributed by atoms with E-state index in [1.54, 1.807) is 7.11 Å². The Kier molecular flexibility index (Phi) is 35.1. The smallest absolute Gasteiger partial charge is 0.312 e. The first-order chi connectivity index (χ1) is 53.0. The van der Waals surface area contributed by atoms with Gasteiger partial charge in [0.1, 0.15) is 41.7 Å². The van der Waals surface area contributed by atoms with Crippen molar-refractivity contribution in [2.45, 2.75) is 417 Å². The first-order valence-corrected chi connectivity index (χ1v) is 46.2. The predicted molar refractivity (Wildman–Crippen MR) is 453 cm³/mol. The summed E-state index contributed by atoms with van der Waals surface area (Å²) in [5.41, 5.74) is 0.746. The molecule has 18 unspecified atom stereocenters. The zero-order valence-electron chi connectivity index (χ0n) is 78.8. The number of ether oxygens (including phenoxy) is 9. The number of methoxy groups -OCH3 is 1. The summed E-state index contributed by atoms with van der Waals surface area (Å²) in [5, 5.41) is 0. The van der Waals surface area contributed by atoms with Crippen LogP contribution in [0.3, 0.4) is 0 Å². The largest absolute Gasteiger partial charge is 0.465 e. The third kappa shape index (κ3) is 23.0. The first kappa shape index (κ1) is 100. The maximum Gasteiger partial charge on any atom is 0.312 e. The van der Waals surface area contributed by atoms with Gasteiger partial charge in [-0.2, -0.15) is 0 Å². The van der Waals surface area contributed by atoms with Gasteiger partial charge in [0.2, 0.25) is 0 Å². The van der Waals surface area contributed by atoms with Gasteiger partial charge in [-0.25, -0.2) is 0 Å². The molecule has 0 radical (unpaired) electrons. The van der Waals surface area contributed by atoms with Gasteiger partial charge < -0.3 is 42.6 Å². The van der Waals surface area contributed by atoms with Crippen molar-refractivity contribution >= 4 is 47.8 Å². The molecule has 12 heterocycles. The van der Waals surface area contributed by atoms with Crippen molar-refractivity contribution in [2.24, 2.45) is 132 Å². The molecule has 0 aromatic rings. The standard InChI is InChI=1S/3C11H16O2.2C10H14O2.C9H14O2.2C8H14O2.C7H16O.6C2H6/c1-11-5-7-2-8(6-11)4-9(3-7)13-10(11)12;1-11-5-7-2-8(6-11)4-9(3-7)10(12)13-11;1-11-4-7-2-8(5-11)10(12)13-9(3-7)6-11;1-10(2)5-3-6-7(4-5)9(11)12-8(6)10;1-10(2)7-4-5-3-6(7)9(11)12-8(5)10;1-9(2)4-3-6-5-7(9)11-8(6)10;1-7(2)5-10-6(9)8(7,3)4;1-7(2)5-6(9)10-8(7,3)4;1-7(2,3)5-6-8-4;6*1-2/h3*7-9H,2-6H2,1H3;2*5-8H,3-4H2,1-2H3;6-7H,3-5H2,1-2H3;2*5H2,1-4H3;5-6H2,1-4H3;6*1-2H3. The van der Waals surface area contributed by atoms with Gasteiger partial charge in [0, 0.05) is 46.7 Å². The van der Waals surface area contributed by atoms with E-state index in [0.717, 1.165) is 158 Å². The SMILES string of the molecule is CC.CC.CC.CC.CC.CC.CC1(C)C2CC3C(=O)OC1C3C2.CC1(C)C2CC3CC2C(=O)OC31.CC1(C)CC(=O)OC1(C)C.CC1(C)CCC2CC1OC2=O.CC1(C)COC(=O)C1(C)C.CC12CC3CC(C1)OC(=O)C(C3)C2.CC12CC3CC(CC(C3)C(=O)O1)C2.CC12CC3CC(CC(C3)OC1=O)C2.COCCC(C)(C)C. The summed E-state index contributed by atoms with van der Waals surface area (Å²) >= 11 is 0. The average Bonchev–Trinajstić information content (AvgIpc) is 1.56. The number of carbonyl (C=O) groups is 8. The molecule has 20 bridgehead atoms. The number of cyclic esters (lactones) is 2. The van der Waals surface area contributed by atoms with Gasteiger partial charge in [-0.1, -0.05) is 180 Å². The Morgan fingerprint density at radius 1 is 0.430 bits per heavy atom.